The first-order valence-electron chi connectivity index (χ1n) is 4.42. The molecule has 0 aromatic carbocycles. The van der Waals surface area contributed by atoms with Gasteiger partial charge in [0, 0.05) is 18.8 Å². The Balaban J connectivity index is 2.13. The van der Waals surface area contributed by atoms with Gasteiger partial charge in [-0.2, -0.15) is 0 Å². The second-order valence-corrected chi connectivity index (χ2v) is 3.25. The first kappa shape index (κ1) is 8.29. The normalized spacial score (nSPS) is 22.2. The monoisotopic (exact) mass is 178 g/mol. The molecule has 0 spiro atoms. The lowest BCUT2D eigenvalue weighted by Gasteiger charge is -2.19. The summed E-state index contributed by atoms with van der Waals surface area (Å²) in [5, 5.41) is 0. The predicted molar refractivity (Wildman–Crippen MR) is 48.0 cm³/mol. The molecule has 4 nitrogen and oxygen atoms in total. The van der Waals surface area contributed by atoms with Crippen LogP contribution in [0.5, 0.6) is 0 Å². The van der Waals surface area contributed by atoms with Crippen LogP contribution in [0.15, 0.2) is 12.5 Å². The Labute approximate surface area is 77.0 Å². The highest BCUT2D eigenvalue weighted by atomic mass is 16.2. The SMILES string of the molecule is [CH2][C@H]1CCCN1C(=O)c1c[nH]cn1. The second-order valence-electron chi connectivity index (χ2n) is 3.25. The average Bonchev–Trinajstić information content (AvgIpc) is 2.72. The van der Waals surface area contributed by atoms with E-state index in [9.17, 15) is 4.79 Å². The molecule has 1 amide bonds. The highest BCUT2D eigenvalue weighted by Gasteiger charge is 2.26. The summed E-state index contributed by atoms with van der Waals surface area (Å²) < 4.78 is 0. The maximum Gasteiger partial charge on any atom is 0.274 e. The van der Waals surface area contributed by atoms with Crippen molar-refractivity contribution in [3.05, 3.63) is 25.1 Å². The van der Waals surface area contributed by atoms with Crippen molar-refractivity contribution in [2.45, 2.75) is 18.9 Å². The van der Waals surface area contributed by atoms with Crippen LogP contribution in [-0.4, -0.2) is 33.4 Å². The number of H-pyrrole nitrogens is 1. The minimum absolute atomic E-state index is 0.0150. The lowest BCUT2D eigenvalue weighted by molar-refractivity contribution is 0.0755. The quantitative estimate of drug-likeness (QED) is 0.693. The van der Waals surface area contributed by atoms with Gasteiger partial charge in [0.05, 0.1) is 6.33 Å². The molecule has 0 saturated carbocycles. The van der Waals surface area contributed by atoms with E-state index in [0.29, 0.717) is 5.69 Å². The van der Waals surface area contributed by atoms with Crippen LogP contribution in [0.25, 0.3) is 0 Å². The van der Waals surface area contributed by atoms with E-state index in [1.165, 1.54) is 6.33 Å². The van der Waals surface area contributed by atoms with Gasteiger partial charge in [-0.3, -0.25) is 4.79 Å². The molecule has 1 aliphatic rings. The van der Waals surface area contributed by atoms with Crippen molar-refractivity contribution in [3.63, 3.8) is 0 Å². The van der Waals surface area contributed by atoms with Crippen LogP contribution in [0.2, 0.25) is 0 Å². The Morgan fingerprint density at radius 2 is 2.62 bits per heavy atom. The van der Waals surface area contributed by atoms with Crippen molar-refractivity contribution in [2.24, 2.45) is 0 Å². The van der Waals surface area contributed by atoms with E-state index < -0.39 is 0 Å². The van der Waals surface area contributed by atoms with Crippen LogP contribution in [0, 0.1) is 6.92 Å². The molecule has 2 rings (SSSR count). The molecule has 1 saturated heterocycles. The Hall–Kier alpha value is -1.32. The molecule has 0 bridgehead atoms. The van der Waals surface area contributed by atoms with Crippen molar-refractivity contribution in [3.8, 4) is 0 Å². The first-order valence-corrected chi connectivity index (χ1v) is 4.42. The molecule has 0 aliphatic carbocycles. The maximum atomic E-state index is 11.7. The van der Waals surface area contributed by atoms with Crippen LogP contribution in [-0.2, 0) is 0 Å². The fraction of sp³-hybridized carbons (Fsp3) is 0.444. The van der Waals surface area contributed by atoms with Crippen molar-refractivity contribution in [1.29, 1.82) is 0 Å². The molecule has 1 aromatic rings. The van der Waals surface area contributed by atoms with E-state index in [0.717, 1.165) is 19.4 Å². The highest BCUT2D eigenvalue weighted by molar-refractivity contribution is 5.92. The second kappa shape index (κ2) is 3.20. The maximum absolute atomic E-state index is 11.7. The third-order valence-electron chi connectivity index (χ3n) is 2.36. The summed E-state index contributed by atoms with van der Waals surface area (Å²) in [5.41, 5.74) is 0.482. The standard InChI is InChI=1S/C9H12N3O/c1-7-3-2-4-12(7)9(13)8-5-10-6-11-8/h5-7H,1-4H2,(H,10,11)/t7-/m0/s1. The zero-order valence-electron chi connectivity index (χ0n) is 7.36. The molecular formula is C9H12N3O. The number of likely N-dealkylation sites (tertiary alicyclic amines) is 1. The molecular weight excluding hydrogens is 166 g/mol. The lowest BCUT2D eigenvalue weighted by Crippen LogP contribution is -2.33. The zero-order chi connectivity index (χ0) is 9.26. The van der Waals surface area contributed by atoms with Gasteiger partial charge in [0.1, 0.15) is 5.69 Å². The minimum Gasteiger partial charge on any atom is -0.350 e. The number of hydrogen-bond acceptors (Lipinski definition) is 2. The molecule has 1 radical (unpaired) electrons. The summed E-state index contributed by atoms with van der Waals surface area (Å²) in [6, 6.07) is 0.115. The van der Waals surface area contributed by atoms with Gasteiger partial charge in [-0.15, -0.1) is 0 Å². The fourth-order valence-electron chi connectivity index (χ4n) is 1.63. The van der Waals surface area contributed by atoms with E-state index in [1.807, 2.05) is 0 Å². The molecule has 69 valence electrons. The molecule has 1 aromatic heterocycles. The Bertz CT molecular complexity index is 294. The van der Waals surface area contributed by atoms with Crippen LogP contribution in [0.1, 0.15) is 23.3 Å². The molecule has 1 fully saturated rings. The molecule has 1 aliphatic heterocycles. The largest absolute Gasteiger partial charge is 0.350 e. The Morgan fingerprint density at radius 3 is 3.15 bits per heavy atom. The van der Waals surface area contributed by atoms with Crippen LogP contribution >= 0.6 is 0 Å². The minimum atomic E-state index is -0.0150. The van der Waals surface area contributed by atoms with E-state index in [2.05, 4.69) is 16.9 Å². The number of aromatic nitrogens is 2. The van der Waals surface area contributed by atoms with Gasteiger partial charge in [0.25, 0.3) is 5.91 Å². The molecule has 13 heavy (non-hydrogen) atoms. The van der Waals surface area contributed by atoms with E-state index in [4.69, 9.17) is 0 Å². The van der Waals surface area contributed by atoms with Gasteiger partial charge in [0.2, 0.25) is 0 Å². The summed E-state index contributed by atoms with van der Waals surface area (Å²) >= 11 is 0. The predicted octanol–water partition coefficient (Wildman–Crippen LogP) is 0.848. The average molecular weight is 178 g/mol. The van der Waals surface area contributed by atoms with Crippen molar-refractivity contribution >= 4 is 5.91 Å². The number of carbonyl (C=O) groups excluding carboxylic acids is 1. The molecule has 2 heterocycles. The van der Waals surface area contributed by atoms with E-state index in [-0.39, 0.29) is 11.9 Å². The van der Waals surface area contributed by atoms with Crippen LogP contribution in [0.4, 0.5) is 0 Å². The number of rotatable bonds is 1. The van der Waals surface area contributed by atoms with Gasteiger partial charge in [-0.1, -0.05) is 0 Å². The number of imidazole rings is 1. The number of carbonyl (C=O) groups is 1. The Kier molecular flexibility index (Phi) is 2.04. The van der Waals surface area contributed by atoms with Crippen molar-refractivity contribution in [1.82, 2.24) is 14.9 Å². The fourth-order valence-corrected chi connectivity index (χ4v) is 1.63. The summed E-state index contributed by atoms with van der Waals surface area (Å²) in [6.07, 6.45) is 5.18. The number of hydrogen-bond donors (Lipinski definition) is 1. The summed E-state index contributed by atoms with van der Waals surface area (Å²) in [7, 11) is 0. The van der Waals surface area contributed by atoms with Gasteiger partial charge in [-0.25, -0.2) is 4.98 Å². The molecule has 4 heteroatoms. The third kappa shape index (κ3) is 1.43. The lowest BCUT2D eigenvalue weighted by atomic mass is 10.2. The Morgan fingerprint density at radius 1 is 1.77 bits per heavy atom. The van der Waals surface area contributed by atoms with Crippen molar-refractivity contribution < 1.29 is 4.79 Å². The van der Waals surface area contributed by atoms with E-state index >= 15 is 0 Å². The summed E-state index contributed by atoms with van der Waals surface area (Å²) in [4.78, 5) is 20.2. The van der Waals surface area contributed by atoms with Crippen LogP contribution in [0.3, 0.4) is 0 Å². The van der Waals surface area contributed by atoms with Gasteiger partial charge in [-0.05, 0) is 19.8 Å². The zero-order valence-corrected chi connectivity index (χ0v) is 7.36. The third-order valence-corrected chi connectivity index (χ3v) is 2.36. The smallest absolute Gasteiger partial charge is 0.274 e. The number of nitrogens with one attached hydrogen (secondary N) is 1. The van der Waals surface area contributed by atoms with Gasteiger partial charge >= 0.3 is 0 Å². The van der Waals surface area contributed by atoms with Gasteiger partial charge in [0.15, 0.2) is 0 Å². The highest BCUT2D eigenvalue weighted by Crippen LogP contribution is 2.17. The van der Waals surface area contributed by atoms with Gasteiger partial charge < -0.3 is 9.88 Å². The molecule has 1 atom stereocenters. The van der Waals surface area contributed by atoms with Crippen molar-refractivity contribution in [2.75, 3.05) is 6.54 Å². The topological polar surface area (TPSA) is 49.0 Å². The molecule has 0 unspecified atom stereocenters. The van der Waals surface area contributed by atoms with E-state index in [1.54, 1.807) is 11.1 Å². The first-order chi connectivity index (χ1) is 6.29. The summed E-state index contributed by atoms with van der Waals surface area (Å²) in [5.74, 6) is -0.0150. The van der Waals surface area contributed by atoms with Crippen LogP contribution < -0.4 is 0 Å². The number of nitrogens with zero attached hydrogens (tertiary/aromatic N) is 2. The number of aromatic amines is 1. The molecule has 1 N–H and O–H groups in total. The number of amides is 1. The summed E-state index contributed by atoms with van der Waals surface area (Å²) in [6.45, 7) is 4.72.